The number of fused-ring (bicyclic) bond motifs is 1. The average molecular weight is 207 g/mol. The van der Waals surface area contributed by atoms with Gasteiger partial charge in [-0.3, -0.25) is 4.79 Å². The van der Waals surface area contributed by atoms with Crippen LogP contribution >= 0.6 is 0 Å². The van der Waals surface area contributed by atoms with Gasteiger partial charge in [0.1, 0.15) is 5.65 Å². The van der Waals surface area contributed by atoms with Crippen LogP contribution in [-0.2, 0) is 0 Å². The second-order valence-corrected chi connectivity index (χ2v) is 3.71. The maximum atomic E-state index is 11.4. The molecule has 0 spiro atoms. The number of ether oxygens (including phenoxy) is 1. The number of aromatic amines is 1. The number of aromatic nitrogens is 3. The second-order valence-electron chi connectivity index (χ2n) is 3.71. The minimum atomic E-state index is -0.236. The van der Waals surface area contributed by atoms with Crippen LogP contribution in [-0.4, -0.2) is 21.7 Å². The molecule has 0 aliphatic heterocycles. The zero-order valence-electron chi connectivity index (χ0n) is 8.94. The molecule has 80 valence electrons. The van der Waals surface area contributed by atoms with E-state index in [0.29, 0.717) is 11.6 Å². The Bertz CT molecular complexity index is 539. The summed E-state index contributed by atoms with van der Waals surface area (Å²) in [5.74, 6) is 0.598. The highest BCUT2D eigenvalue weighted by Gasteiger charge is 2.08. The zero-order valence-corrected chi connectivity index (χ0v) is 8.94. The van der Waals surface area contributed by atoms with E-state index in [-0.39, 0.29) is 11.3 Å². The third kappa shape index (κ3) is 1.60. The summed E-state index contributed by atoms with van der Waals surface area (Å²) >= 11 is 0. The third-order valence-electron chi connectivity index (χ3n) is 2.27. The van der Waals surface area contributed by atoms with Gasteiger partial charge in [0.05, 0.1) is 19.0 Å². The lowest BCUT2D eigenvalue weighted by Gasteiger charge is -1.98. The van der Waals surface area contributed by atoms with Crippen LogP contribution in [0.5, 0.6) is 5.75 Å². The summed E-state index contributed by atoms with van der Waals surface area (Å²) in [5, 5.41) is 4.33. The Morgan fingerprint density at radius 3 is 2.87 bits per heavy atom. The molecule has 0 unspecified atom stereocenters. The predicted molar refractivity (Wildman–Crippen MR) is 56.5 cm³/mol. The van der Waals surface area contributed by atoms with Crippen LogP contribution in [0.4, 0.5) is 0 Å². The van der Waals surface area contributed by atoms with Crippen molar-refractivity contribution in [2.45, 2.75) is 19.8 Å². The van der Waals surface area contributed by atoms with Gasteiger partial charge in [0.15, 0.2) is 0 Å². The molecule has 0 saturated heterocycles. The Labute approximate surface area is 86.7 Å². The first-order valence-electron chi connectivity index (χ1n) is 4.78. The fourth-order valence-electron chi connectivity index (χ4n) is 1.38. The first-order chi connectivity index (χ1) is 7.11. The Morgan fingerprint density at radius 2 is 2.27 bits per heavy atom. The van der Waals surface area contributed by atoms with Crippen LogP contribution in [0.2, 0.25) is 0 Å². The van der Waals surface area contributed by atoms with Crippen molar-refractivity contribution >= 4 is 5.65 Å². The summed E-state index contributed by atoms with van der Waals surface area (Å²) < 4.78 is 6.54. The fourth-order valence-corrected chi connectivity index (χ4v) is 1.38. The van der Waals surface area contributed by atoms with Gasteiger partial charge in [-0.05, 0) is 5.92 Å². The molecule has 0 bridgehead atoms. The lowest BCUT2D eigenvalue weighted by atomic mass is 10.1. The number of hydrogen-bond acceptors (Lipinski definition) is 3. The molecule has 0 radical (unpaired) electrons. The van der Waals surface area contributed by atoms with E-state index < -0.39 is 0 Å². The van der Waals surface area contributed by atoms with Crippen molar-refractivity contribution < 1.29 is 4.74 Å². The van der Waals surface area contributed by atoms with Gasteiger partial charge in [-0.1, -0.05) is 13.8 Å². The van der Waals surface area contributed by atoms with Gasteiger partial charge in [-0.15, -0.1) is 0 Å². The molecule has 2 heterocycles. The number of methoxy groups -OCH3 is 1. The maximum Gasteiger partial charge on any atom is 0.293 e. The number of nitrogens with one attached hydrogen (secondary N) is 1. The van der Waals surface area contributed by atoms with E-state index in [2.05, 4.69) is 23.9 Å². The SMILES string of the molecule is COc1cn2nc(C(C)C)cc2[nH]c1=O. The molecule has 0 aliphatic carbocycles. The quantitative estimate of drug-likeness (QED) is 0.803. The minimum absolute atomic E-state index is 0.236. The first kappa shape index (κ1) is 9.76. The molecule has 0 fully saturated rings. The van der Waals surface area contributed by atoms with Crippen molar-refractivity contribution in [3.05, 3.63) is 28.3 Å². The molecule has 0 aliphatic rings. The molecular formula is C10H13N3O2. The maximum absolute atomic E-state index is 11.4. The topological polar surface area (TPSA) is 59.4 Å². The van der Waals surface area contributed by atoms with Gasteiger partial charge in [0.2, 0.25) is 5.75 Å². The van der Waals surface area contributed by atoms with Gasteiger partial charge in [0, 0.05) is 6.07 Å². The molecular weight excluding hydrogens is 194 g/mol. The molecule has 0 amide bonds. The Balaban J connectivity index is 2.66. The van der Waals surface area contributed by atoms with Gasteiger partial charge < -0.3 is 9.72 Å². The van der Waals surface area contributed by atoms with Crippen molar-refractivity contribution in [1.82, 2.24) is 14.6 Å². The van der Waals surface area contributed by atoms with E-state index >= 15 is 0 Å². The predicted octanol–water partition coefficient (Wildman–Crippen LogP) is 1.15. The van der Waals surface area contributed by atoms with Crippen molar-refractivity contribution in [3.8, 4) is 5.75 Å². The summed E-state index contributed by atoms with van der Waals surface area (Å²) in [6.07, 6.45) is 1.58. The lowest BCUT2D eigenvalue weighted by Crippen LogP contribution is -2.11. The summed E-state index contributed by atoms with van der Waals surface area (Å²) in [6.45, 7) is 4.11. The second kappa shape index (κ2) is 3.42. The molecule has 2 aromatic rings. The molecule has 0 saturated carbocycles. The number of hydrogen-bond donors (Lipinski definition) is 1. The molecule has 0 aromatic carbocycles. The van der Waals surface area contributed by atoms with Crippen molar-refractivity contribution in [3.63, 3.8) is 0 Å². The Kier molecular flexibility index (Phi) is 2.22. The monoisotopic (exact) mass is 207 g/mol. The lowest BCUT2D eigenvalue weighted by molar-refractivity contribution is 0.404. The summed E-state index contributed by atoms with van der Waals surface area (Å²) in [4.78, 5) is 14.1. The van der Waals surface area contributed by atoms with Crippen molar-refractivity contribution in [1.29, 1.82) is 0 Å². The fraction of sp³-hybridized carbons (Fsp3) is 0.400. The zero-order chi connectivity index (χ0) is 11.0. The standard InChI is InChI=1S/C10H13N3O2/c1-6(2)7-4-9-11-10(14)8(15-3)5-13(9)12-7/h4-6H,1-3H3,(H,11,14). The smallest absolute Gasteiger partial charge is 0.293 e. The normalized spacial score (nSPS) is 11.2. The number of H-pyrrole nitrogens is 1. The highest BCUT2D eigenvalue weighted by Crippen LogP contribution is 2.14. The molecule has 5 heteroatoms. The number of rotatable bonds is 2. The first-order valence-corrected chi connectivity index (χ1v) is 4.78. The largest absolute Gasteiger partial charge is 0.490 e. The molecule has 1 N–H and O–H groups in total. The van der Waals surface area contributed by atoms with Crippen LogP contribution in [0.3, 0.4) is 0 Å². The molecule has 15 heavy (non-hydrogen) atoms. The third-order valence-corrected chi connectivity index (χ3v) is 2.27. The van der Waals surface area contributed by atoms with Crippen LogP contribution in [0.15, 0.2) is 17.1 Å². The van der Waals surface area contributed by atoms with Crippen LogP contribution in [0, 0.1) is 0 Å². The van der Waals surface area contributed by atoms with Gasteiger partial charge in [-0.2, -0.15) is 5.10 Å². The Hall–Kier alpha value is -1.78. The van der Waals surface area contributed by atoms with Crippen LogP contribution in [0.1, 0.15) is 25.5 Å². The summed E-state index contributed by atoms with van der Waals surface area (Å²) in [6, 6.07) is 1.87. The van der Waals surface area contributed by atoms with Gasteiger partial charge in [0.25, 0.3) is 5.56 Å². The van der Waals surface area contributed by atoms with Crippen LogP contribution < -0.4 is 10.3 Å². The minimum Gasteiger partial charge on any atom is -0.490 e. The van der Waals surface area contributed by atoms with E-state index in [0.717, 1.165) is 5.69 Å². The summed E-state index contributed by atoms with van der Waals surface area (Å²) in [7, 11) is 1.46. The van der Waals surface area contributed by atoms with E-state index in [1.165, 1.54) is 7.11 Å². The number of nitrogens with zero attached hydrogens (tertiary/aromatic N) is 2. The van der Waals surface area contributed by atoms with Crippen molar-refractivity contribution in [2.75, 3.05) is 7.11 Å². The molecule has 0 atom stereocenters. The van der Waals surface area contributed by atoms with E-state index in [1.807, 2.05) is 6.07 Å². The van der Waals surface area contributed by atoms with E-state index in [9.17, 15) is 4.79 Å². The highest BCUT2D eigenvalue weighted by atomic mass is 16.5. The summed E-state index contributed by atoms with van der Waals surface area (Å²) in [5.41, 5.74) is 1.39. The Morgan fingerprint density at radius 1 is 1.53 bits per heavy atom. The van der Waals surface area contributed by atoms with Crippen LogP contribution in [0.25, 0.3) is 5.65 Å². The van der Waals surface area contributed by atoms with Gasteiger partial charge >= 0.3 is 0 Å². The molecule has 2 rings (SSSR count). The van der Waals surface area contributed by atoms with E-state index in [1.54, 1.807) is 10.7 Å². The van der Waals surface area contributed by atoms with Gasteiger partial charge in [-0.25, -0.2) is 4.52 Å². The van der Waals surface area contributed by atoms with Crippen molar-refractivity contribution in [2.24, 2.45) is 0 Å². The highest BCUT2D eigenvalue weighted by molar-refractivity contribution is 5.41. The van der Waals surface area contributed by atoms with E-state index in [4.69, 9.17) is 4.74 Å². The molecule has 5 nitrogen and oxygen atoms in total. The molecule has 2 aromatic heterocycles. The average Bonchev–Trinajstić information content (AvgIpc) is 2.59.